The number of anilines is 1. The summed E-state index contributed by atoms with van der Waals surface area (Å²) in [5.74, 6) is 0.827. The van der Waals surface area contributed by atoms with Gasteiger partial charge in [-0.05, 0) is 42.3 Å². The molecule has 0 radical (unpaired) electrons. The fourth-order valence-corrected chi connectivity index (χ4v) is 2.67. The van der Waals surface area contributed by atoms with E-state index < -0.39 is 0 Å². The molecule has 0 bridgehead atoms. The minimum absolute atomic E-state index is 0.101. The molecule has 0 saturated carbocycles. The average Bonchev–Trinajstić information content (AvgIpc) is 2.47. The summed E-state index contributed by atoms with van der Waals surface area (Å²) in [6.45, 7) is 2.63. The van der Waals surface area contributed by atoms with Crippen LogP contribution in [0.3, 0.4) is 0 Å². The molecule has 0 saturated heterocycles. The van der Waals surface area contributed by atoms with Crippen LogP contribution in [0.2, 0.25) is 5.02 Å². The summed E-state index contributed by atoms with van der Waals surface area (Å²) in [6, 6.07) is 13.4. The Labute approximate surface area is 122 Å². The summed E-state index contributed by atoms with van der Waals surface area (Å²) in [5.41, 5.74) is 3.56. The van der Waals surface area contributed by atoms with Gasteiger partial charge in [0.1, 0.15) is 11.9 Å². The number of nitrogens with one attached hydrogen (secondary N) is 1. The van der Waals surface area contributed by atoms with Crippen LogP contribution in [0.15, 0.2) is 36.4 Å². The first-order valence-corrected chi connectivity index (χ1v) is 6.76. The largest absolute Gasteiger partial charge is 0.481 e. The van der Waals surface area contributed by atoms with Crippen LogP contribution in [-0.2, 0) is 0 Å². The lowest BCUT2D eigenvalue weighted by molar-refractivity contribution is 0.209. The van der Waals surface area contributed by atoms with Crippen LogP contribution >= 0.6 is 11.6 Å². The SMILES string of the molecule is Cc1cc(Cl)cc2c1OC(c1cccc(C#N)c1)CN2. The molecule has 3 nitrogen and oxygen atoms in total. The monoisotopic (exact) mass is 284 g/mol. The maximum atomic E-state index is 8.97. The van der Waals surface area contributed by atoms with Gasteiger partial charge in [-0.2, -0.15) is 5.26 Å². The molecule has 2 aromatic carbocycles. The molecule has 0 aromatic heterocycles. The highest BCUT2D eigenvalue weighted by Gasteiger charge is 2.23. The highest BCUT2D eigenvalue weighted by atomic mass is 35.5. The van der Waals surface area contributed by atoms with Crippen molar-refractivity contribution in [2.24, 2.45) is 0 Å². The van der Waals surface area contributed by atoms with Gasteiger partial charge in [-0.1, -0.05) is 23.7 Å². The van der Waals surface area contributed by atoms with Crippen molar-refractivity contribution < 1.29 is 4.74 Å². The quantitative estimate of drug-likeness (QED) is 0.859. The Kier molecular flexibility index (Phi) is 3.25. The predicted octanol–water partition coefficient (Wildman–Crippen LogP) is 4.07. The van der Waals surface area contributed by atoms with E-state index in [1.54, 1.807) is 6.07 Å². The van der Waals surface area contributed by atoms with Crippen molar-refractivity contribution in [3.63, 3.8) is 0 Å². The second-order valence-electron chi connectivity index (χ2n) is 4.82. The normalized spacial score (nSPS) is 16.6. The highest BCUT2D eigenvalue weighted by molar-refractivity contribution is 6.31. The molecular formula is C16H13ClN2O. The standard InChI is InChI=1S/C16H13ClN2O/c1-10-5-13(17)7-14-16(10)20-15(9-19-14)12-4-2-3-11(6-12)8-18/h2-7,15,19H,9H2,1H3. The lowest BCUT2D eigenvalue weighted by atomic mass is 10.0. The van der Waals surface area contributed by atoms with E-state index in [9.17, 15) is 0 Å². The molecule has 1 N–H and O–H groups in total. The highest BCUT2D eigenvalue weighted by Crippen LogP contribution is 2.38. The molecule has 1 aliphatic heterocycles. The van der Waals surface area contributed by atoms with Crippen molar-refractivity contribution in [2.75, 3.05) is 11.9 Å². The van der Waals surface area contributed by atoms with E-state index in [1.165, 1.54) is 0 Å². The van der Waals surface area contributed by atoms with E-state index in [0.29, 0.717) is 17.1 Å². The van der Waals surface area contributed by atoms with Gasteiger partial charge < -0.3 is 10.1 Å². The molecule has 0 aliphatic carbocycles. The number of benzene rings is 2. The Hall–Kier alpha value is -2.18. The van der Waals surface area contributed by atoms with E-state index in [4.69, 9.17) is 21.6 Å². The molecule has 0 amide bonds. The van der Waals surface area contributed by atoms with Crippen LogP contribution in [0.1, 0.15) is 22.8 Å². The van der Waals surface area contributed by atoms with Crippen molar-refractivity contribution in [2.45, 2.75) is 13.0 Å². The number of rotatable bonds is 1. The Morgan fingerprint density at radius 2 is 2.20 bits per heavy atom. The summed E-state index contributed by atoms with van der Waals surface area (Å²) in [5, 5.41) is 13.0. The third-order valence-corrected chi connectivity index (χ3v) is 3.58. The molecular weight excluding hydrogens is 272 g/mol. The molecule has 1 heterocycles. The third-order valence-electron chi connectivity index (χ3n) is 3.36. The third kappa shape index (κ3) is 2.31. The van der Waals surface area contributed by atoms with E-state index >= 15 is 0 Å². The van der Waals surface area contributed by atoms with E-state index in [2.05, 4.69) is 11.4 Å². The van der Waals surface area contributed by atoms with E-state index in [0.717, 1.165) is 22.6 Å². The Bertz CT molecular complexity index is 706. The van der Waals surface area contributed by atoms with Crippen LogP contribution in [0.25, 0.3) is 0 Å². The van der Waals surface area contributed by atoms with Crippen LogP contribution in [0.4, 0.5) is 5.69 Å². The zero-order valence-electron chi connectivity index (χ0n) is 11.0. The van der Waals surface area contributed by atoms with Gasteiger partial charge in [-0.25, -0.2) is 0 Å². The summed E-state index contributed by atoms with van der Waals surface area (Å²) >= 11 is 6.04. The van der Waals surface area contributed by atoms with Crippen molar-refractivity contribution in [1.29, 1.82) is 5.26 Å². The maximum absolute atomic E-state index is 8.97. The summed E-state index contributed by atoms with van der Waals surface area (Å²) in [4.78, 5) is 0. The minimum Gasteiger partial charge on any atom is -0.481 e. The van der Waals surface area contributed by atoms with Gasteiger partial charge in [0.05, 0.1) is 23.9 Å². The number of nitriles is 1. The van der Waals surface area contributed by atoms with Gasteiger partial charge >= 0.3 is 0 Å². The number of fused-ring (bicyclic) bond motifs is 1. The van der Waals surface area contributed by atoms with Crippen molar-refractivity contribution >= 4 is 17.3 Å². The lowest BCUT2D eigenvalue weighted by Gasteiger charge is -2.29. The number of ether oxygens (including phenoxy) is 1. The Balaban J connectivity index is 1.94. The van der Waals surface area contributed by atoms with Crippen molar-refractivity contribution in [3.8, 4) is 11.8 Å². The van der Waals surface area contributed by atoms with Gasteiger partial charge in [0, 0.05) is 5.02 Å². The van der Waals surface area contributed by atoms with Crippen LogP contribution in [-0.4, -0.2) is 6.54 Å². The molecule has 100 valence electrons. The number of nitrogens with zero attached hydrogens (tertiary/aromatic N) is 1. The molecule has 0 spiro atoms. The summed E-state index contributed by atoms with van der Waals surface area (Å²) in [6.07, 6.45) is -0.101. The molecule has 0 fully saturated rings. The Morgan fingerprint density at radius 1 is 1.35 bits per heavy atom. The van der Waals surface area contributed by atoms with Gasteiger partial charge in [0.25, 0.3) is 0 Å². The molecule has 3 rings (SSSR count). The fourth-order valence-electron chi connectivity index (χ4n) is 2.40. The first-order chi connectivity index (χ1) is 9.67. The molecule has 2 aromatic rings. The number of aryl methyl sites for hydroxylation is 1. The molecule has 1 aliphatic rings. The van der Waals surface area contributed by atoms with E-state index in [-0.39, 0.29) is 6.10 Å². The van der Waals surface area contributed by atoms with Gasteiger partial charge in [0.15, 0.2) is 0 Å². The van der Waals surface area contributed by atoms with Crippen LogP contribution < -0.4 is 10.1 Å². The number of hydrogen-bond donors (Lipinski definition) is 1. The predicted molar refractivity (Wildman–Crippen MR) is 79.2 cm³/mol. The van der Waals surface area contributed by atoms with Gasteiger partial charge in [0.2, 0.25) is 0 Å². The second kappa shape index (κ2) is 5.07. The maximum Gasteiger partial charge on any atom is 0.146 e. The first-order valence-electron chi connectivity index (χ1n) is 6.38. The topological polar surface area (TPSA) is 45.0 Å². The molecule has 4 heteroatoms. The first kappa shape index (κ1) is 12.8. The zero-order valence-corrected chi connectivity index (χ0v) is 11.7. The Morgan fingerprint density at radius 3 is 3.00 bits per heavy atom. The summed E-state index contributed by atoms with van der Waals surface area (Å²) in [7, 11) is 0. The van der Waals surface area contributed by atoms with E-state index in [1.807, 2.05) is 37.3 Å². The minimum atomic E-state index is -0.101. The van der Waals surface area contributed by atoms with Crippen LogP contribution in [0, 0.1) is 18.3 Å². The number of hydrogen-bond acceptors (Lipinski definition) is 3. The summed E-state index contributed by atoms with van der Waals surface area (Å²) < 4.78 is 6.07. The average molecular weight is 285 g/mol. The van der Waals surface area contributed by atoms with Crippen molar-refractivity contribution in [3.05, 3.63) is 58.1 Å². The van der Waals surface area contributed by atoms with Crippen LogP contribution in [0.5, 0.6) is 5.75 Å². The van der Waals surface area contributed by atoms with Crippen molar-refractivity contribution in [1.82, 2.24) is 0 Å². The zero-order chi connectivity index (χ0) is 14.1. The lowest BCUT2D eigenvalue weighted by Crippen LogP contribution is -2.24. The fraction of sp³-hybridized carbons (Fsp3) is 0.188. The molecule has 1 unspecified atom stereocenters. The second-order valence-corrected chi connectivity index (χ2v) is 5.26. The molecule has 1 atom stereocenters. The molecule has 20 heavy (non-hydrogen) atoms. The smallest absolute Gasteiger partial charge is 0.146 e. The van der Waals surface area contributed by atoms with Gasteiger partial charge in [-0.3, -0.25) is 0 Å². The van der Waals surface area contributed by atoms with Gasteiger partial charge in [-0.15, -0.1) is 0 Å². The number of halogens is 1.